The molecule has 0 bridgehead atoms. The van der Waals surface area contributed by atoms with Crippen LogP contribution >= 0.6 is 0 Å². The maximum Gasteiger partial charge on any atom is 0.311 e. The van der Waals surface area contributed by atoms with Gasteiger partial charge < -0.3 is 19.7 Å². The van der Waals surface area contributed by atoms with Crippen LogP contribution in [-0.2, 0) is 19.1 Å². The number of Topliss-reactive ketones (excluding diaryl/α,β-unsaturated/α-hetero) is 1. The lowest BCUT2D eigenvalue weighted by atomic mass is 9.92. The Morgan fingerprint density at radius 1 is 1.33 bits per heavy atom. The first-order valence-electron chi connectivity index (χ1n) is 8.14. The van der Waals surface area contributed by atoms with Crippen molar-refractivity contribution in [2.45, 2.75) is 65.0 Å². The normalized spacial score (nSPS) is 36.2. The van der Waals surface area contributed by atoms with Crippen LogP contribution in [0, 0.1) is 5.92 Å². The molecule has 6 nitrogen and oxygen atoms in total. The third kappa shape index (κ3) is 5.00. The molecule has 0 fully saturated rings. The Hall–Kier alpha value is -1.50. The largest absolute Gasteiger partial charge is 0.457 e. The van der Waals surface area contributed by atoms with Gasteiger partial charge in [-0.2, -0.15) is 0 Å². The highest BCUT2D eigenvalue weighted by atomic mass is 16.5. The number of carbonyl (C=O) groups excluding carboxylic acids is 2. The number of methoxy groups -OCH3 is 1. The Labute approximate surface area is 143 Å². The van der Waals surface area contributed by atoms with Crippen LogP contribution in [0.1, 0.15) is 40.5 Å². The third-order valence-corrected chi connectivity index (χ3v) is 4.61. The van der Waals surface area contributed by atoms with E-state index in [-0.39, 0.29) is 6.42 Å². The van der Waals surface area contributed by atoms with E-state index in [1.165, 1.54) is 7.11 Å². The molecule has 0 saturated heterocycles. The lowest BCUT2D eigenvalue weighted by molar-refractivity contribution is -0.157. The minimum atomic E-state index is -1.54. The molecule has 0 aromatic carbocycles. The summed E-state index contributed by atoms with van der Waals surface area (Å²) >= 11 is 0. The summed E-state index contributed by atoms with van der Waals surface area (Å²) in [5.74, 6) is -1.69. The average Bonchev–Trinajstić information content (AvgIpc) is 2.58. The predicted octanol–water partition coefficient (Wildman–Crippen LogP) is 1.55. The Bertz CT molecular complexity index is 522. The molecule has 0 aromatic rings. The predicted molar refractivity (Wildman–Crippen MR) is 89.3 cm³/mol. The number of ketones is 1. The van der Waals surface area contributed by atoms with Crippen molar-refractivity contribution >= 4 is 11.8 Å². The van der Waals surface area contributed by atoms with Gasteiger partial charge >= 0.3 is 5.97 Å². The molecule has 5 atom stereocenters. The molecule has 1 rings (SSSR count). The summed E-state index contributed by atoms with van der Waals surface area (Å²) in [6.45, 7) is 6.98. The fraction of sp³-hybridized carbons (Fsp3) is 0.667. The molecule has 0 amide bonds. The second-order valence-corrected chi connectivity index (χ2v) is 6.27. The van der Waals surface area contributed by atoms with Crippen molar-refractivity contribution in [2.24, 2.45) is 5.92 Å². The molecule has 2 N–H and O–H groups in total. The third-order valence-electron chi connectivity index (χ3n) is 4.61. The van der Waals surface area contributed by atoms with Gasteiger partial charge in [-0.15, -0.1) is 0 Å². The minimum Gasteiger partial charge on any atom is -0.457 e. The van der Waals surface area contributed by atoms with Gasteiger partial charge in [0.1, 0.15) is 18.3 Å². The van der Waals surface area contributed by atoms with E-state index in [0.717, 1.165) is 5.57 Å². The zero-order valence-electron chi connectivity index (χ0n) is 15.0. The number of aliphatic hydroxyl groups is 2. The van der Waals surface area contributed by atoms with Crippen molar-refractivity contribution in [2.75, 3.05) is 7.11 Å². The van der Waals surface area contributed by atoms with Gasteiger partial charge in [-0.25, -0.2) is 0 Å². The van der Waals surface area contributed by atoms with Crippen LogP contribution in [-0.4, -0.2) is 53.5 Å². The molecule has 0 spiro atoms. The van der Waals surface area contributed by atoms with Crippen molar-refractivity contribution in [3.05, 3.63) is 23.3 Å². The van der Waals surface area contributed by atoms with Crippen LogP contribution in [0.4, 0.5) is 0 Å². The van der Waals surface area contributed by atoms with Crippen molar-refractivity contribution < 1.29 is 29.3 Å². The van der Waals surface area contributed by atoms with Crippen molar-refractivity contribution in [3.8, 4) is 0 Å². The highest BCUT2D eigenvalue weighted by Crippen LogP contribution is 2.22. The SMILES string of the molecule is C/C=C(/C)C1C/C=C(\C)C(O)C(O)C(=O)CC(OC)C(C)C(=O)O1. The smallest absolute Gasteiger partial charge is 0.311 e. The lowest BCUT2D eigenvalue weighted by Gasteiger charge is -2.27. The summed E-state index contributed by atoms with van der Waals surface area (Å²) in [6, 6.07) is 0. The summed E-state index contributed by atoms with van der Waals surface area (Å²) in [5.41, 5.74) is 1.35. The van der Waals surface area contributed by atoms with Gasteiger partial charge in [0, 0.05) is 20.0 Å². The van der Waals surface area contributed by atoms with E-state index in [2.05, 4.69) is 0 Å². The number of esters is 1. The van der Waals surface area contributed by atoms with Crippen LogP contribution < -0.4 is 0 Å². The molecule has 6 heteroatoms. The number of cyclic esters (lactones) is 1. The van der Waals surface area contributed by atoms with Gasteiger partial charge in [-0.1, -0.05) is 12.2 Å². The number of allylic oxidation sites excluding steroid dienone is 1. The highest BCUT2D eigenvalue weighted by molar-refractivity contribution is 5.85. The number of hydrogen-bond donors (Lipinski definition) is 2. The molecule has 0 aromatic heterocycles. The van der Waals surface area contributed by atoms with Crippen LogP contribution in [0.15, 0.2) is 23.3 Å². The molecule has 1 aliphatic heterocycles. The Kier molecular flexibility index (Phi) is 7.79. The maximum atomic E-state index is 12.4. The molecular weight excluding hydrogens is 312 g/mol. The van der Waals surface area contributed by atoms with Crippen LogP contribution in [0.25, 0.3) is 0 Å². The van der Waals surface area contributed by atoms with Crippen LogP contribution in [0.3, 0.4) is 0 Å². The second kappa shape index (κ2) is 9.11. The number of ether oxygens (including phenoxy) is 2. The van der Waals surface area contributed by atoms with Crippen LogP contribution in [0.2, 0.25) is 0 Å². The van der Waals surface area contributed by atoms with Gasteiger partial charge in [-0.05, 0) is 38.8 Å². The van der Waals surface area contributed by atoms with E-state index in [9.17, 15) is 19.8 Å². The monoisotopic (exact) mass is 340 g/mol. The summed E-state index contributed by atoms with van der Waals surface area (Å²) in [5, 5.41) is 20.2. The Balaban J connectivity index is 3.21. The fourth-order valence-corrected chi connectivity index (χ4v) is 2.53. The van der Waals surface area contributed by atoms with E-state index in [0.29, 0.717) is 12.0 Å². The maximum absolute atomic E-state index is 12.4. The molecule has 136 valence electrons. The summed E-state index contributed by atoms with van der Waals surface area (Å²) in [7, 11) is 1.40. The molecule has 0 aliphatic carbocycles. The summed E-state index contributed by atoms with van der Waals surface area (Å²) in [4.78, 5) is 24.5. The Morgan fingerprint density at radius 2 is 1.96 bits per heavy atom. The highest BCUT2D eigenvalue weighted by Gasteiger charge is 2.34. The van der Waals surface area contributed by atoms with Crippen molar-refractivity contribution in [1.82, 2.24) is 0 Å². The minimum absolute atomic E-state index is 0.175. The van der Waals surface area contributed by atoms with Gasteiger partial charge in [0.15, 0.2) is 5.78 Å². The van der Waals surface area contributed by atoms with E-state index in [4.69, 9.17) is 9.47 Å². The van der Waals surface area contributed by atoms with Crippen LogP contribution in [0.5, 0.6) is 0 Å². The standard InChI is InChI=1S/C18H28O6/c1-6-10(2)14-8-7-11(3)16(20)17(21)13(19)9-15(23-5)12(4)18(22)24-14/h6-7,12,14-17,20-21H,8-9H2,1-5H3/b10-6-,11-7+. The molecule has 0 radical (unpaired) electrons. The van der Waals surface area contributed by atoms with Gasteiger partial charge in [0.25, 0.3) is 0 Å². The summed E-state index contributed by atoms with van der Waals surface area (Å²) in [6.07, 6.45) is -0.275. The van der Waals surface area contributed by atoms with E-state index >= 15 is 0 Å². The molecular formula is C18H28O6. The first-order valence-corrected chi connectivity index (χ1v) is 8.14. The topological polar surface area (TPSA) is 93.1 Å². The van der Waals surface area contributed by atoms with Crippen molar-refractivity contribution in [1.29, 1.82) is 0 Å². The van der Waals surface area contributed by atoms with Crippen molar-refractivity contribution in [3.63, 3.8) is 0 Å². The first-order chi connectivity index (χ1) is 11.2. The lowest BCUT2D eigenvalue weighted by Crippen LogP contribution is -2.40. The fourth-order valence-electron chi connectivity index (χ4n) is 2.53. The quantitative estimate of drug-likeness (QED) is 0.585. The molecule has 1 heterocycles. The number of hydrogen-bond acceptors (Lipinski definition) is 6. The first kappa shape index (κ1) is 20.5. The second-order valence-electron chi connectivity index (χ2n) is 6.27. The number of rotatable bonds is 2. The van der Waals surface area contributed by atoms with Gasteiger partial charge in [-0.3, -0.25) is 9.59 Å². The van der Waals surface area contributed by atoms with E-state index in [1.807, 2.05) is 19.9 Å². The molecule has 24 heavy (non-hydrogen) atoms. The zero-order chi connectivity index (χ0) is 18.4. The molecule has 0 saturated carbocycles. The number of aliphatic hydroxyl groups excluding tert-OH is 2. The van der Waals surface area contributed by atoms with Gasteiger partial charge in [0.05, 0.1) is 12.0 Å². The molecule has 1 aliphatic rings. The van der Waals surface area contributed by atoms with Gasteiger partial charge in [0.2, 0.25) is 0 Å². The summed E-state index contributed by atoms with van der Waals surface area (Å²) < 4.78 is 10.8. The van der Waals surface area contributed by atoms with E-state index in [1.54, 1.807) is 19.9 Å². The Morgan fingerprint density at radius 3 is 2.50 bits per heavy atom. The van der Waals surface area contributed by atoms with E-state index < -0.39 is 42.1 Å². The average molecular weight is 340 g/mol. The number of carbonyl (C=O) groups is 2. The molecule has 5 unspecified atom stereocenters. The zero-order valence-corrected chi connectivity index (χ0v) is 15.0.